The number of hydrogen-bond donors (Lipinski definition) is 1. The monoisotopic (exact) mass is 338 g/mol. The number of hydrogen-bond acceptors (Lipinski definition) is 3. The maximum Gasteiger partial charge on any atom is 0.265 e. The maximum atomic E-state index is 12.4. The molecule has 1 saturated heterocycles. The lowest BCUT2D eigenvalue weighted by molar-refractivity contribution is -0.122. The summed E-state index contributed by atoms with van der Waals surface area (Å²) in [6.45, 7) is 4.43. The lowest BCUT2D eigenvalue weighted by Crippen LogP contribution is -2.30. The minimum Gasteiger partial charge on any atom is -0.481 e. The smallest absolute Gasteiger partial charge is 0.265 e. The molecular weight excluding hydrogens is 316 g/mol. The van der Waals surface area contributed by atoms with Crippen LogP contribution in [0.15, 0.2) is 48.5 Å². The van der Waals surface area contributed by atoms with E-state index in [1.54, 1.807) is 17.9 Å². The predicted molar refractivity (Wildman–Crippen MR) is 97.9 cm³/mol. The summed E-state index contributed by atoms with van der Waals surface area (Å²) >= 11 is 0. The molecule has 2 amide bonds. The zero-order chi connectivity index (χ0) is 17.8. The van der Waals surface area contributed by atoms with Gasteiger partial charge in [0.1, 0.15) is 5.75 Å². The Labute approximate surface area is 147 Å². The topological polar surface area (TPSA) is 58.6 Å². The highest BCUT2D eigenvalue weighted by molar-refractivity contribution is 5.97. The molecule has 0 aromatic heterocycles. The molecule has 0 bridgehead atoms. The van der Waals surface area contributed by atoms with Gasteiger partial charge in [-0.05, 0) is 50.6 Å². The Morgan fingerprint density at radius 2 is 1.96 bits per heavy atom. The molecule has 0 unspecified atom stereocenters. The summed E-state index contributed by atoms with van der Waals surface area (Å²) < 4.78 is 5.67. The summed E-state index contributed by atoms with van der Waals surface area (Å²) in [6.07, 6.45) is 0.828. The zero-order valence-corrected chi connectivity index (χ0v) is 14.5. The van der Waals surface area contributed by atoms with Crippen molar-refractivity contribution in [3.8, 4) is 5.75 Å². The number of aryl methyl sites for hydroxylation is 1. The van der Waals surface area contributed by atoms with E-state index in [9.17, 15) is 9.59 Å². The summed E-state index contributed by atoms with van der Waals surface area (Å²) in [5.74, 6) is 0.551. The van der Waals surface area contributed by atoms with Crippen LogP contribution in [0.3, 0.4) is 0 Å². The Hall–Kier alpha value is -2.82. The molecule has 5 nitrogen and oxygen atoms in total. The lowest BCUT2D eigenvalue weighted by Gasteiger charge is -2.18. The molecule has 0 radical (unpaired) electrons. The van der Waals surface area contributed by atoms with Crippen LogP contribution in [0.25, 0.3) is 0 Å². The van der Waals surface area contributed by atoms with Crippen molar-refractivity contribution >= 4 is 23.2 Å². The lowest BCUT2D eigenvalue weighted by atomic mass is 10.2. The predicted octanol–water partition coefficient (Wildman–Crippen LogP) is 3.53. The van der Waals surface area contributed by atoms with Crippen LogP contribution in [-0.2, 0) is 9.59 Å². The van der Waals surface area contributed by atoms with Crippen LogP contribution in [0.2, 0.25) is 0 Å². The van der Waals surface area contributed by atoms with Gasteiger partial charge in [-0.2, -0.15) is 0 Å². The van der Waals surface area contributed by atoms with E-state index in [1.807, 2.05) is 49.4 Å². The highest BCUT2D eigenvalue weighted by atomic mass is 16.5. The standard InChI is InChI=1S/C20H22N2O3/c1-14-8-10-18(11-9-14)25-15(2)20(24)21-16-5-3-6-17(13-16)22-12-4-7-19(22)23/h3,5-6,8-11,13,15H,4,7,12H2,1-2H3,(H,21,24)/t15-/m0/s1. The van der Waals surface area contributed by atoms with E-state index in [2.05, 4.69) is 5.32 Å². The van der Waals surface area contributed by atoms with Crippen molar-refractivity contribution in [1.82, 2.24) is 0 Å². The summed E-state index contributed by atoms with van der Waals surface area (Å²) in [6, 6.07) is 14.9. The van der Waals surface area contributed by atoms with Gasteiger partial charge >= 0.3 is 0 Å². The fourth-order valence-corrected chi connectivity index (χ4v) is 2.79. The molecule has 25 heavy (non-hydrogen) atoms. The van der Waals surface area contributed by atoms with Crippen LogP contribution in [0.5, 0.6) is 5.75 Å². The van der Waals surface area contributed by atoms with E-state index in [1.165, 1.54) is 0 Å². The van der Waals surface area contributed by atoms with Gasteiger partial charge in [-0.15, -0.1) is 0 Å². The van der Waals surface area contributed by atoms with E-state index in [-0.39, 0.29) is 11.8 Å². The normalized spacial score (nSPS) is 15.1. The molecule has 3 rings (SSSR count). The SMILES string of the molecule is Cc1ccc(O[C@@H](C)C(=O)Nc2cccc(N3CCCC3=O)c2)cc1. The van der Waals surface area contributed by atoms with Crippen molar-refractivity contribution in [3.05, 3.63) is 54.1 Å². The molecule has 130 valence electrons. The Kier molecular flexibility index (Phi) is 5.03. The van der Waals surface area contributed by atoms with Gasteiger partial charge in [0.15, 0.2) is 6.10 Å². The first-order valence-electron chi connectivity index (χ1n) is 8.47. The molecule has 1 heterocycles. The van der Waals surface area contributed by atoms with Crippen LogP contribution in [0.1, 0.15) is 25.3 Å². The van der Waals surface area contributed by atoms with Gasteiger partial charge in [0, 0.05) is 24.3 Å². The maximum absolute atomic E-state index is 12.4. The number of benzene rings is 2. The van der Waals surface area contributed by atoms with Crippen molar-refractivity contribution in [1.29, 1.82) is 0 Å². The largest absolute Gasteiger partial charge is 0.481 e. The van der Waals surface area contributed by atoms with Gasteiger partial charge in [-0.1, -0.05) is 23.8 Å². The third kappa shape index (κ3) is 4.18. The second kappa shape index (κ2) is 7.38. The molecule has 2 aromatic carbocycles. The molecule has 1 fully saturated rings. The van der Waals surface area contributed by atoms with Crippen LogP contribution < -0.4 is 15.0 Å². The number of carbonyl (C=O) groups is 2. The first-order valence-corrected chi connectivity index (χ1v) is 8.47. The first kappa shape index (κ1) is 17.0. The molecule has 0 saturated carbocycles. The van der Waals surface area contributed by atoms with E-state index < -0.39 is 6.10 Å². The van der Waals surface area contributed by atoms with Crippen LogP contribution >= 0.6 is 0 Å². The number of amides is 2. The van der Waals surface area contributed by atoms with Crippen molar-refractivity contribution in [2.45, 2.75) is 32.8 Å². The number of carbonyl (C=O) groups excluding carboxylic acids is 2. The summed E-state index contributed by atoms with van der Waals surface area (Å²) in [5, 5.41) is 2.85. The van der Waals surface area contributed by atoms with Gasteiger partial charge in [0.2, 0.25) is 5.91 Å². The summed E-state index contributed by atoms with van der Waals surface area (Å²) in [7, 11) is 0. The number of nitrogens with zero attached hydrogens (tertiary/aromatic N) is 1. The van der Waals surface area contributed by atoms with Crippen LogP contribution in [0.4, 0.5) is 11.4 Å². The summed E-state index contributed by atoms with van der Waals surface area (Å²) in [4.78, 5) is 26.0. The van der Waals surface area contributed by atoms with E-state index >= 15 is 0 Å². The first-order chi connectivity index (χ1) is 12.0. The molecule has 1 aliphatic heterocycles. The Bertz CT molecular complexity index is 771. The number of rotatable bonds is 5. The van der Waals surface area contributed by atoms with Gasteiger partial charge < -0.3 is 15.0 Å². The Morgan fingerprint density at radius 3 is 2.64 bits per heavy atom. The number of ether oxygens (including phenoxy) is 1. The quantitative estimate of drug-likeness (QED) is 0.907. The second-order valence-corrected chi connectivity index (χ2v) is 6.26. The van der Waals surface area contributed by atoms with E-state index in [4.69, 9.17) is 4.74 Å². The molecule has 1 atom stereocenters. The minimum absolute atomic E-state index is 0.125. The van der Waals surface area contributed by atoms with Crippen molar-refractivity contribution in [2.24, 2.45) is 0 Å². The molecule has 1 aliphatic rings. The van der Waals surface area contributed by atoms with Crippen molar-refractivity contribution < 1.29 is 14.3 Å². The summed E-state index contributed by atoms with van der Waals surface area (Å²) in [5.41, 5.74) is 2.60. The van der Waals surface area contributed by atoms with Gasteiger partial charge in [0.05, 0.1) is 0 Å². The Morgan fingerprint density at radius 1 is 1.20 bits per heavy atom. The molecule has 2 aromatic rings. The third-order valence-electron chi connectivity index (χ3n) is 4.20. The highest BCUT2D eigenvalue weighted by Crippen LogP contribution is 2.24. The highest BCUT2D eigenvalue weighted by Gasteiger charge is 2.22. The second-order valence-electron chi connectivity index (χ2n) is 6.26. The van der Waals surface area contributed by atoms with Gasteiger partial charge in [0.25, 0.3) is 5.91 Å². The average Bonchev–Trinajstić information content (AvgIpc) is 3.03. The minimum atomic E-state index is -0.625. The molecule has 0 aliphatic carbocycles. The molecule has 0 spiro atoms. The fourth-order valence-electron chi connectivity index (χ4n) is 2.79. The van der Waals surface area contributed by atoms with Gasteiger partial charge in [-0.3, -0.25) is 9.59 Å². The third-order valence-corrected chi connectivity index (χ3v) is 4.20. The van der Waals surface area contributed by atoms with Crippen LogP contribution in [0, 0.1) is 6.92 Å². The Balaban J connectivity index is 1.64. The fraction of sp³-hybridized carbons (Fsp3) is 0.300. The van der Waals surface area contributed by atoms with Crippen molar-refractivity contribution in [2.75, 3.05) is 16.8 Å². The van der Waals surface area contributed by atoms with E-state index in [0.29, 0.717) is 17.9 Å². The van der Waals surface area contributed by atoms with E-state index in [0.717, 1.165) is 24.2 Å². The molecular formula is C20H22N2O3. The van der Waals surface area contributed by atoms with Crippen LogP contribution in [-0.4, -0.2) is 24.5 Å². The molecule has 5 heteroatoms. The molecule has 1 N–H and O–H groups in total. The number of nitrogens with one attached hydrogen (secondary N) is 1. The number of anilines is 2. The van der Waals surface area contributed by atoms with Crippen molar-refractivity contribution in [3.63, 3.8) is 0 Å². The zero-order valence-electron chi connectivity index (χ0n) is 14.5. The average molecular weight is 338 g/mol. The van der Waals surface area contributed by atoms with Gasteiger partial charge in [-0.25, -0.2) is 0 Å².